The molecule has 8 heteroatoms. The van der Waals surface area contributed by atoms with Gasteiger partial charge in [-0.2, -0.15) is 0 Å². The number of carbonyl (C=O) groups is 2. The molecule has 6 rings (SSSR count). The average molecular weight is 521 g/mol. The molecule has 0 spiro atoms. The number of nitrogens with zero attached hydrogens (tertiary/aromatic N) is 3. The summed E-state index contributed by atoms with van der Waals surface area (Å²) in [5.41, 5.74) is 4.03. The van der Waals surface area contributed by atoms with E-state index in [0.29, 0.717) is 40.0 Å². The molecule has 1 saturated carbocycles. The van der Waals surface area contributed by atoms with Crippen LogP contribution >= 0.6 is 0 Å². The molecule has 2 aromatic carbocycles. The fourth-order valence-corrected chi connectivity index (χ4v) is 5.00. The number of pyridine rings is 1. The number of benzene rings is 2. The Morgan fingerprint density at radius 2 is 1.74 bits per heavy atom. The fourth-order valence-electron chi connectivity index (χ4n) is 5.00. The van der Waals surface area contributed by atoms with Gasteiger partial charge in [-0.1, -0.05) is 12.1 Å². The Morgan fingerprint density at radius 1 is 1.00 bits per heavy atom. The van der Waals surface area contributed by atoms with E-state index in [1.807, 2.05) is 31.2 Å². The standard InChI is InChI=1S/C31H25FN4O3/c1-18-4-5-20(25(37)16-31(10-11-31)30-34-12-3-13-35-30)14-23(18)21-15-24-26(28(38)33-2)27(39-29(24)36-17-21)19-6-8-22(32)9-7-19/h3-9,12-15,17H,10-11,16H2,1-2H3,(H,33,38). The number of Topliss-reactive ketones (excluding diaryl/α,β-unsaturated/α-hetero) is 1. The molecule has 1 fully saturated rings. The summed E-state index contributed by atoms with van der Waals surface area (Å²) >= 11 is 0. The van der Waals surface area contributed by atoms with Crippen molar-refractivity contribution in [3.8, 4) is 22.5 Å². The molecule has 0 bridgehead atoms. The van der Waals surface area contributed by atoms with Gasteiger partial charge in [0.25, 0.3) is 5.91 Å². The van der Waals surface area contributed by atoms with E-state index in [0.717, 1.165) is 35.4 Å². The molecule has 0 atom stereocenters. The summed E-state index contributed by atoms with van der Waals surface area (Å²) in [4.78, 5) is 39.6. The number of aromatic nitrogens is 3. The highest BCUT2D eigenvalue weighted by atomic mass is 19.1. The van der Waals surface area contributed by atoms with E-state index in [1.165, 1.54) is 12.1 Å². The summed E-state index contributed by atoms with van der Waals surface area (Å²) < 4.78 is 19.5. The molecule has 39 heavy (non-hydrogen) atoms. The SMILES string of the molecule is CNC(=O)c1c(-c2ccc(F)cc2)oc2ncc(-c3cc(C(=O)CC4(c5ncccn5)CC4)ccc3C)cc12. The van der Waals surface area contributed by atoms with Crippen LogP contribution in [0, 0.1) is 12.7 Å². The van der Waals surface area contributed by atoms with Crippen LogP contribution in [0.15, 0.2) is 77.6 Å². The molecule has 194 valence electrons. The minimum atomic E-state index is -0.384. The lowest BCUT2D eigenvalue weighted by Crippen LogP contribution is -2.18. The molecule has 1 N–H and O–H groups in total. The highest BCUT2D eigenvalue weighted by molar-refractivity contribution is 6.11. The molecule has 0 unspecified atom stereocenters. The second-order valence-corrected chi connectivity index (χ2v) is 9.95. The van der Waals surface area contributed by atoms with Gasteiger partial charge in [0.15, 0.2) is 5.78 Å². The Hall–Kier alpha value is -4.72. The minimum absolute atomic E-state index is 0.0307. The van der Waals surface area contributed by atoms with Crippen LogP contribution in [0.2, 0.25) is 0 Å². The largest absolute Gasteiger partial charge is 0.437 e. The second-order valence-electron chi connectivity index (χ2n) is 9.95. The summed E-state index contributed by atoms with van der Waals surface area (Å²) in [7, 11) is 1.54. The number of hydrogen-bond donors (Lipinski definition) is 1. The highest BCUT2D eigenvalue weighted by Crippen LogP contribution is 2.50. The van der Waals surface area contributed by atoms with Gasteiger partial charge in [0.2, 0.25) is 5.71 Å². The van der Waals surface area contributed by atoms with Crippen molar-refractivity contribution >= 4 is 22.8 Å². The van der Waals surface area contributed by atoms with Crippen LogP contribution in [0.5, 0.6) is 0 Å². The summed E-state index contributed by atoms with van der Waals surface area (Å²) in [6.45, 7) is 1.97. The third kappa shape index (κ3) is 4.48. The molecule has 1 aliphatic rings. The van der Waals surface area contributed by atoms with Crippen LogP contribution < -0.4 is 5.32 Å². The first-order chi connectivity index (χ1) is 18.9. The number of nitrogens with one attached hydrogen (secondary N) is 1. The van der Waals surface area contributed by atoms with Gasteiger partial charge in [-0.05, 0) is 73.4 Å². The van der Waals surface area contributed by atoms with E-state index in [2.05, 4.69) is 20.3 Å². The Bertz CT molecular complexity index is 1720. The van der Waals surface area contributed by atoms with Crippen LogP contribution in [-0.4, -0.2) is 33.7 Å². The quantitative estimate of drug-likeness (QED) is 0.262. The normalized spacial score (nSPS) is 13.8. The number of halogens is 1. The van der Waals surface area contributed by atoms with Crippen molar-refractivity contribution in [2.75, 3.05) is 7.05 Å². The van der Waals surface area contributed by atoms with Crippen molar-refractivity contribution in [3.05, 3.63) is 102 Å². The predicted molar refractivity (Wildman–Crippen MR) is 145 cm³/mol. The van der Waals surface area contributed by atoms with E-state index >= 15 is 0 Å². The number of ketones is 1. The third-order valence-electron chi connectivity index (χ3n) is 7.37. The smallest absolute Gasteiger partial charge is 0.255 e. The molecule has 1 aliphatic carbocycles. The Kier molecular flexibility index (Phi) is 6.02. The maximum Gasteiger partial charge on any atom is 0.255 e. The lowest BCUT2D eigenvalue weighted by Gasteiger charge is -2.14. The summed E-state index contributed by atoms with van der Waals surface area (Å²) in [5, 5.41) is 3.19. The maximum atomic E-state index is 13.5. The van der Waals surface area contributed by atoms with E-state index < -0.39 is 0 Å². The first kappa shape index (κ1) is 24.6. The fraction of sp³-hybridized carbons (Fsp3) is 0.194. The minimum Gasteiger partial charge on any atom is -0.437 e. The number of hydrogen-bond acceptors (Lipinski definition) is 6. The predicted octanol–water partition coefficient (Wildman–Crippen LogP) is 6.06. The zero-order valence-corrected chi connectivity index (χ0v) is 21.5. The van der Waals surface area contributed by atoms with Gasteiger partial charge in [-0.3, -0.25) is 9.59 Å². The van der Waals surface area contributed by atoms with Crippen LogP contribution in [0.25, 0.3) is 33.6 Å². The Morgan fingerprint density at radius 3 is 2.44 bits per heavy atom. The molecule has 0 saturated heterocycles. The topological polar surface area (TPSA) is 98.0 Å². The molecule has 0 aliphatic heterocycles. The van der Waals surface area contributed by atoms with Crippen molar-refractivity contribution in [1.29, 1.82) is 0 Å². The second kappa shape index (κ2) is 9.54. The van der Waals surface area contributed by atoms with Crippen molar-refractivity contribution < 1.29 is 18.4 Å². The number of fused-ring (bicyclic) bond motifs is 1. The third-order valence-corrected chi connectivity index (χ3v) is 7.37. The van der Waals surface area contributed by atoms with Crippen molar-refractivity contribution in [2.24, 2.45) is 0 Å². The first-order valence-electron chi connectivity index (χ1n) is 12.7. The van der Waals surface area contributed by atoms with Crippen molar-refractivity contribution in [1.82, 2.24) is 20.3 Å². The molecular weight excluding hydrogens is 495 g/mol. The van der Waals surface area contributed by atoms with E-state index in [4.69, 9.17) is 4.42 Å². The summed E-state index contributed by atoms with van der Waals surface area (Å²) in [6, 6.07) is 15.0. The molecule has 3 aromatic heterocycles. The highest BCUT2D eigenvalue weighted by Gasteiger charge is 2.48. The van der Waals surface area contributed by atoms with Gasteiger partial charge in [0.1, 0.15) is 17.4 Å². The van der Waals surface area contributed by atoms with E-state index in [9.17, 15) is 14.0 Å². The van der Waals surface area contributed by atoms with Gasteiger partial charge in [0, 0.05) is 54.2 Å². The van der Waals surface area contributed by atoms with Gasteiger partial charge < -0.3 is 9.73 Å². The summed E-state index contributed by atoms with van der Waals surface area (Å²) in [6.07, 6.45) is 7.22. The number of rotatable bonds is 7. The molecule has 0 radical (unpaired) electrons. The number of carbonyl (C=O) groups excluding carboxylic acids is 2. The van der Waals surface area contributed by atoms with Crippen molar-refractivity contribution in [2.45, 2.75) is 31.6 Å². The lowest BCUT2D eigenvalue weighted by atomic mass is 9.91. The van der Waals surface area contributed by atoms with Gasteiger partial charge >= 0.3 is 0 Å². The van der Waals surface area contributed by atoms with E-state index in [1.54, 1.807) is 43.8 Å². The number of aryl methyl sites for hydroxylation is 1. The zero-order chi connectivity index (χ0) is 27.1. The number of amides is 1. The Labute approximate surface area is 224 Å². The lowest BCUT2D eigenvalue weighted by molar-refractivity contribution is 0.0958. The van der Waals surface area contributed by atoms with Crippen LogP contribution in [-0.2, 0) is 5.41 Å². The summed E-state index contributed by atoms with van der Waals surface area (Å²) in [5.74, 6) is 0.339. The van der Waals surface area contributed by atoms with Crippen LogP contribution in [0.4, 0.5) is 4.39 Å². The average Bonchev–Trinajstić information content (AvgIpc) is 3.65. The number of furan rings is 1. The molecule has 5 aromatic rings. The monoisotopic (exact) mass is 520 g/mol. The van der Waals surface area contributed by atoms with Crippen LogP contribution in [0.3, 0.4) is 0 Å². The Balaban J connectivity index is 1.39. The first-order valence-corrected chi connectivity index (χ1v) is 12.7. The van der Waals surface area contributed by atoms with E-state index in [-0.39, 0.29) is 22.9 Å². The van der Waals surface area contributed by atoms with Gasteiger partial charge in [-0.15, -0.1) is 0 Å². The van der Waals surface area contributed by atoms with Crippen LogP contribution in [0.1, 0.15) is 51.4 Å². The van der Waals surface area contributed by atoms with Gasteiger partial charge in [0.05, 0.1) is 10.9 Å². The molecular formula is C31H25FN4O3. The molecule has 3 heterocycles. The zero-order valence-electron chi connectivity index (χ0n) is 21.5. The molecule has 1 amide bonds. The van der Waals surface area contributed by atoms with Gasteiger partial charge in [-0.25, -0.2) is 19.3 Å². The molecule has 7 nitrogen and oxygen atoms in total. The maximum absolute atomic E-state index is 13.5. The van der Waals surface area contributed by atoms with Crippen molar-refractivity contribution in [3.63, 3.8) is 0 Å².